The summed E-state index contributed by atoms with van der Waals surface area (Å²) in [5.41, 5.74) is 7.80. The largest absolute Gasteiger partial charge is 0.399 e. The molecule has 100 valence electrons. The van der Waals surface area contributed by atoms with Crippen LogP contribution in [0.25, 0.3) is 11.4 Å². The number of nitrogen functional groups attached to an aromatic ring is 1. The number of aromatic nitrogens is 3. The maximum Gasteiger partial charge on any atom is 0.181 e. The molecule has 1 heterocycles. The molecule has 3 aromatic rings. The number of benzene rings is 2. The van der Waals surface area contributed by atoms with E-state index >= 15 is 0 Å². The van der Waals surface area contributed by atoms with Gasteiger partial charge in [-0.05, 0) is 30.3 Å². The average Bonchev–Trinajstić information content (AvgIpc) is 2.91. The van der Waals surface area contributed by atoms with Gasteiger partial charge in [-0.25, -0.2) is 14.1 Å². The molecule has 2 N–H and O–H groups in total. The standard InChI is InChI=1S/C15H13FN4/c16-14-4-2-1-3-12(14)9-20-10-18-15(19-20)11-5-7-13(17)8-6-11/h1-8,10H,9,17H2. The molecule has 0 spiro atoms. The lowest BCUT2D eigenvalue weighted by Gasteiger charge is -2.02. The summed E-state index contributed by atoms with van der Waals surface area (Å²) in [4.78, 5) is 4.23. The minimum atomic E-state index is -0.239. The average molecular weight is 268 g/mol. The Morgan fingerprint density at radius 2 is 1.80 bits per heavy atom. The van der Waals surface area contributed by atoms with E-state index in [4.69, 9.17) is 5.73 Å². The van der Waals surface area contributed by atoms with E-state index in [0.29, 0.717) is 23.6 Å². The normalized spacial score (nSPS) is 10.7. The minimum Gasteiger partial charge on any atom is -0.399 e. The summed E-state index contributed by atoms with van der Waals surface area (Å²) in [5, 5.41) is 4.34. The van der Waals surface area contributed by atoms with Gasteiger partial charge in [0.25, 0.3) is 0 Å². The SMILES string of the molecule is Nc1ccc(-c2ncn(Cc3ccccc3F)n2)cc1. The van der Waals surface area contributed by atoms with Crippen LogP contribution in [0.15, 0.2) is 54.9 Å². The fourth-order valence-corrected chi connectivity index (χ4v) is 1.94. The Morgan fingerprint density at radius 3 is 2.55 bits per heavy atom. The zero-order valence-electron chi connectivity index (χ0n) is 10.7. The zero-order chi connectivity index (χ0) is 13.9. The predicted molar refractivity (Wildman–Crippen MR) is 75.4 cm³/mol. The lowest BCUT2D eigenvalue weighted by Crippen LogP contribution is -2.02. The molecule has 2 aromatic carbocycles. The monoisotopic (exact) mass is 268 g/mol. The van der Waals surface area contributed by atoms with Crippen LogP contribution in [0.4, 0.5) is 10.1 Å². The summed E-state index contributed by atoms with van der Waals surface area (Å²) in [6.07, 6.45) is 1.60. The van der Waals surface area contributed by atoms with Crippen molar-refractivity contribution in [1.29, 1.82) is 0 Å². The fraction of sp³-hybridized carbons (Fsp3) is 0.0667. The second-order valence-corrected chi connectivity index (χ2v) is 4.48. The van der Waals surface area contributed by atoms with Gasteiger partial charge in [0.05, 0.1) is 6.54 Å². The Morgan fingerprint density at radius 1 is 1.05 bits per heavy atom. The van der Waals surface area contributed by atoms with Crippen molar-refractivity contribution in [2.75, 3.05) is 5.73 Å². The number of nitrogens with two attached hydrogens (primary N) is 1. The second-order valence-electron chi connectivity index (χ2n) is 4.48. The molecular formula is C15H13FN4. The Hall–Kier alpha value is -2.69. The van der Waals surface area contributed by atoms with Crippen LogP contribution < -0.4 is 5.73 Å². The molecule has 0 aliphatic carbocycles. The van der Waals surface area contributed by atoms with Gasteiger partial charge in [0.1, 0.15) is 12.1 Å². The lowest BCUT2D eigenvalue weighted by molar-refractivity contribution is 0.585. The molecule has 5 heteroatoms. The molecule has 20 heavy (non-hydrogen) atoms. The van der Waals surface area contributed by atoms with Crippen molar-refractivity contribution in [3.63, 3.8) is 0 Å². The number of halogens is 1. The highest BCUT2D eigenvalue weighted by Gasteiger charge is 2.06. The van der Waals surface area contributed by atoms with Crippen molar-refractivity contribution >= 4 is 5.69 Å². The smallest absolute Gasteiger partial charge is 0.181 e. The predicted octanol–water partition coefficient (Wildman–Crippen LogP) is 2.71. The molecule has 0 saturated heterocycles. The van der Waals surface area contributed by atoms with Crippen molar-refractivity contribution in [1.82, 2.24) is 14.8 Å². The molecule has 0 fully saturated rings. The van der Waals surface area contributed by atoms with E-state index in [1.54, 1.807) is 41.3 Å². The van der Waals surface area contributed by atoms with Crippen LogP contribution in [0.3, 0.4) is 0 Å². The van der Waals surface area contributed by atoms with Crippen molar-refractivity contribution < 1.29 is 4.39 Å². The van der Waals surface area contributed by atoms with Crippen LogP contribution in [0.1, 0.15) is 5.56 Å². The van der Waals surface area contributed by atoms with Gasteiger partial charge in [0.15, 0.2) is 5.82 Å². The molecular weight excluding hydrogens is 255 g/mol. The van der Waals surface area contributed by atoms with Crippen molar-refractivity contribution in [3.8, 4) is 11.4 Å². The Kier molecular flexibility index (Phi) is 3.16. The minimum absolute atomic E-state index is 0.239. The molecule has 0 unspecified atom stereocenters. The molecule has 4 nitrogen and oxygen atoms in total. The summed E-state index contributed by atoms with van der Waals surface area (Å²) >= 11 is 0. The molecule has 0 aliphatic heterocycles. The first-order chi connectivity index (χ1) is 9.72. The highest BCUT2D eigenvalue weighted by atomic mass is 19.1. The van der Waals surface area contributed by atoms with Crippen LogP contribution in [-0.2, 0) is 6.54 Å². The first-order valence-electron chi connectivity index (χ1n) is 6.21. The molecule has 0 aliphatic rings. The van der Waals surface area contributed by atoms with E-state index in [9.17, 15) is 4.39 Å². The highest BCUT2D eigenvalue weighted by Crippen LogP contribution is 2.16. The maximum absolute atomic E-state index is 13.6. The summed E-state index contributed by atoms with van der Waals surface area (Å²) in [6, 6.07) is 14.0. The van der Waals surface area contributed by atoms with Crippen LogP contribution in [0.2, 0.25) is 0 Å². The first kappa shape index (κ1) is 12.3. The number of hydrogen-bond donors (Lipinski definition) is 1. The fourth-order valence-electron chi connectivity index (χ4n) is 1.94. The molecule has 0 saturated carbocycles. The second kappa shape index (κ2) is 5.13. The maximum atomic E-state index is 13.6. The van der Waals surface area contributed by atoms with Crippen LogP contribution in [-0.4, -0.2) is 14.8 Å². The third kappa shape index (κ3) is 2.51. The third-order valence-corrected chi connectivity index (χ3v) is 3.00. The van der Waals surface area contributed by atoms with E-state index in [0.717, 1.165) is 5.56 Å². The van der Waals surface area contributed by atoms with Gasteiger partial charge >= 0.3 is 0 Å². The molecule has 0 amide bonds. The molecule has 3 rings (SSSR count). The summed E-state index contributed by atoms with van der Waals surface area (Å²) in [5.74, 6) is 0.360. The van der Waals surface area contributed by atoms with E-state index in [-0.39, 0.29) is 5.82 Å². The first-order valence-corrected chi connectivity index (χ1v) is 6.21. The zero-order valence-corrected chi connectivity index (χ0v) is 10.7. The Labute approximate surface area is 115 Å². The summed E-state index contributed by atoms with van der Waals surface area (Å²) < 4.78 is 15.2. The quantitative estimate of drug-likeness (QED) is 0.743. The van der Waals surface area contributed by atoms with Gasteiger partial charge in [-0.3, -0.25) is 0 Å². The Balaban J connectivity index is 1.84. The molecule has 0 bridgehead atoms. The summed E-state index contributed by atoms with van der Waals surface area (Å²) in [6.45, 7) is 0.356. The molecule has 0 radical (unpaired) electrons. The van der Waals surface area contributed by atoms with Gasteiger partial charge in [-0.2, -0.15) is 5.10 Å². The number of rotatable bonds is 3. The number of nitrogens with zero attached hydrogens (tertiary/aromatic N) is 3. The van der Waals surface area contributed by atoms with Gasteiger partial charge in [-0.15, -0.1) is 0 Å². The third-order valence-electron chi connectivity index (χ3n) is 3.00. The summed E-state index contributed by atoms with van der Waals surface area (Å²) in [7, 11) is 0. The van der Waals surface area contributed by atoms with Crippen LogP contribution >= 0.6 is 0 Å². The van der Waals surface area contributed by atoms with Gasteiger partial charge in [0.2, 0.25) is 0 Å². The number of anilines is 1. The Bertz CT molecular complexity index is 719. The topological polar surface area (TPSA) is 56.7 Å². The van der Waals surface area contributed by atoms with Gasteiger partial charge < -0.3 is 5.73 Å². The van der Waals surface area contributed by atoms with Gasteiger partial charge in [0, 0.05) is 16.8 Å². The van der Waals surface area contributed by atoms with Crippen molar-refractivity contribution in [2.45, 2.75) is 6.54 Å². The lowest BCUT2D eigenvalue weighted by atomic mass is 10.2. The van der Waals surface area contributed by atoms with Crippen molar-refractivity contribution in [2.24, 2.45) is 0 Å². The van der Waals surface area contributed by atoms with Crippen LogP contribution in [0, 0.1) is 5.82 Å². The van der Waals surface area contributed by atoms with E-state index < -0.39 is 0 Å². The van der Waals surface area contributed by atoms with Gasteiger partial charge in [-0.1, -0.05) is 18.2 Å². The van der Waals surface area contributed by atoms with E-state index in [1.807, 2.05) is 12.1 Å². The van der Waals surface area contributed by atoms with Crippen LogP contribution in [0.5, 0.6) is 0 Å². The molecule has 0 atom stereocenters. The van der Waals surface area contributed by atoms with E-state index in [2.05, 4.69) is 10.1 Å². The molecule has 1 aromatic heterocycles. The highest BCUT2D eigenvalue weighted by molar-refractivity contribution is 5.57. The van der Waals surface area contributed by atoms with Crippen molar-refractivity contribution in [3.05, 3.63) is 66.2 Å². The number of hydrogen-bond acceptors (Lipinski definition) is 3. The van der Waals surface area contributed by atoms with E-state index in [1.165, 1.54) is 6.07 Å².